The van der Waals surface area contributed by atoms with Gasteiger partial charge in [-0.2, -0.15) is 9.42 Å². The summed E-state index contributed by atoms with van der Waals surface area (Å²) in [7, 11) is -2.65. The fraction of sp³-hybridized carbons (Fsp3) is 0.529. The van der Waals surface area contributed by atoms with E-state index in [0.717, 1.165) is 0 Å². The fourth-order valence-corrected chi connectivity index (χ4v) is 3.83. The summed E-state index contributed by atoms with van der Waals surface area (Å²) in [4.78, 5) is 49.7. The maximum atomic E-state index is 12.5. The first-order valence-electron chi connectivity index (χ1n) is 8.68. The van der Waals surface area contributed by atoms with Crippen LogP contribution in [-0.2, 0) is 32.6 Å². The SMILES string of the molecule is COC(=O)CCNC(=O)[C@@H]1O[P+](O)(OCOC(=O)c2ccncc2)OCC1(C)C. The van der Waals surface area contributed by atoms with E-state index >= 15 is 0 Å². The van der Waals surface area contributed by atoms with Crippen LogP contribution in [-0.4, -0.2) is 60.9 Å². The molecule has 2 N–H and O–H groups in total. The van der Waals surface area contributed by atoms with Crippen LogP contribution in [0, 0.1) is 5.41 Å². The molecule has 11 nitrogen and oxygen atoms in total. The molecule has 1 aliphatic rings. The average Bonchev–Trinajstić information content (AvgIpc) is 2.70. The van der Waals surface area contributed by atoms with Crippen LogP contribution in [0.1, 0.15) is 30.6 Å². The second kappa shape index (κ2) is 10.0. The number of nitrogens with one attached hydrogen (secondary N) is 1. The first-order chi connectivity index (χ1) is 13.7. The molecule has 1 amide bonds. The van der Waals surface area contributed by atoms with Gasteiger partial charge in [0.1, 0.15) is 6.61 Å². The summed E-state index contributed by atoms with van der Waals surface area (Å²) < 4.78 is 25.2. The van der Waals surface area contributed by atoms with Gasteiger partial charge in [-0.1, -0.05) is 13.8 Å². The molecule has 2 atom stereocenters. The molecule has 1 saturated heterocycles. The molecule has 160 valence electrons. The van der Waals surface area contributed by atoms with Gasteiger partial charge in [0.05, 0.1) is 19.1 Å². The van der Waals surface area contributed by atoms with Crippen LogP contribution in [0.25, 0.3) is 0 Å². The lowest BCUT2D eigenvalue weighted by Crippen LogP contribution is -2.50. The molecule has 0 bridgehead atoms. The molecule has 1 fully saturated rings. The second-order valence-electron chi connectivity index (χ2n) is 6.75. The van der Waals surface area contributed by atoms with E-state index in [9.17, 15) is 19.3 Å². The van der Waals surface area contributed by atoms with Gasteiger partial charge in [-0.15, -0.1) is 9.05 Å². The predicted octanol–water partition coefficient (Wildman–Crippen LogP) is 1.00. The van der Waals surface area contributed by atoms with Gasteiger partial charge in [0, 0.05) is 24.4 Å². The Hall–Kier alpha value is -2.17. The van der Waals surface area contributed by atoms with E-state index in [1.165, 1.54) is 31.6 Å². The van der Waals surface area contributed by atoms with E-state index in [0.29, 0.717) is 0 Å². The molecule has 0 spiro atoms. The normalized spacial score (nSPS) is 23.1. The van der Waals surface area contributed by atoms with Crippen LogP contribution in [0.2, 0.25) is 0 Å². The number of nitrogens with zero attached hydrogens (tertiary/aromatic N) is 1. The number of rotatable bonds is 8. The molecule has 2 rings (SSSR count). The molecule has 1 aliphatic heterocycles. The third kappa shape index (κ3) is 6.69. The van der Waals surface area contributed by atoms with Crippen molar-refractivity contribution in [2.24, 2.45) is 5.41 Å². The van der Waals surface area contributed by atoms with Gasteiger partial charge in [0.15, 0.2) is 6.10 Å². The average molecular weight is 431 g/mol. The van der Waals surface area contributed by atoms with Gasteiger partial charge in [0.25, 0.3) is 5.91 Å². The number of methoxy groups -OCH3 is 1. The lowest BCUT2D eigenvalue weighted by atomic mass is 9.87. The van der Waals surface area contributed by atoms with Crippen molar-refractivity contribution in [2.75, 3.05) is 27.1 Å². The Bertz CT molecular complexity index is 731. The van der Waals surface area contributed by atoms with Gasteiger partial charge in [-0.25, -0.2) is 4.79 Å². The van der Waals surface area contributed by atoms with Gasteiger partial charge in [-0.3, -0.25) is 14.6 Å². The van der Waals surface area contributed by atoms with E-state index in [1.807, 2.05) is 0 Å². The highest BCUT2D eigenvalue weighted by Crippen LogP contribution is 2.63. The van der Waals surface area contributed by atoms with Crippen LogP contribution < -0.4 is 5.32 Å². The molecule has 0 aromatic carbocycles. The summed E-state index contributed by atoms with van der Waals surface area (Å²) in [5.74, 6) is -1.70. The van der Waals surface area contributed by atoms with Crippen molar-refractivity contribution in [2.45, 2.75) is 26.4 Å². The van der Waals surface area contributed by atoms with E-state index < -0.39 is 44.3 Å². The van der Waals surface area contributed by atoms with E-state index in [2.05, 4.69) is 15.0 Å². The number of pyridine rings is 1. The number of amides is 1. The molecule has 2 heterocycles. The molecule has 29 heavy (non-hydrogen) atoms. The van der Waals surface area contributed by atoms with Crippen molar-refractivity contribution in [3.63, 3.8) is 0 Å². The van der Waals surface area contributed by atoms with Crippen molar-refractivity contribution < 1.29 is 42.3 Å². The Morgan fingerprint density at radius 3 is 2.69 bits per heavy atom. The molecule has 1 unspecified atom stereocenters. The zero-order valence-electron chi connectivity index (χ0n) is 16.3. The molecule has 1 aromatic heterocycles. The predicted molar refractivity (Wildman–Crippen MR) is 99.0 cm³/mol. The summed E-state index contributed by atoms with van der Waals surface area (Å²) in [5.41, 5.74) is -0.526. The highest BCUT2D eigenvalue weighted by atomic mass is 31.2. The highest BCUT2D eigenvalue weighted by Gasteiger charge is 2.59. The van der Waals surface area contributed by atoms with Crippen LogP contribution in [0.15, 0.2) is 24.5 Å². The standard InChI is InChI=1S/C17H23N2O9P/c1-17(2)10-26-29(23,27-11-25-16(22)12-4-7-18-8-5-12)28-14(17)15(21)19-9-6-13(20)24-3/h4-5,7-8,14,23H,6,9-11H2,1-3H3/p+1/t14-,29?/m0/s1. The van der Waals surface area contributed by atoms with Gasteiger partial charge in [0.2, 0.25) is 6.79 Å². The fourth-order valence-electron chi connectivity index (χ4n) is 2.30. The van der Waals surface area contributed by atoms with Crippen molar-refractivity contribution in [3.05, 3.63) is 30.1 Å². The Morgan fingerprint density at radius 1 is 1.34 bits per heavy atom. The van der Waals surface area contributed by atoms with Crippen molar-refractivity contribution in [3.8, 4) is 0 Å². The Kier molecular flexibility index (Phi) is 8.00. The largest absolute Gasteiger partial charge is 0.576 e. The van der Waals surface area contributed by atoms with E-state index in [-0.39, 0.29) is 25.1 Å². The van der Waals surface area contributed by atoms with Crippen LogP contribution in [0.3, 0.4) is 0 Å². The third-order valence-corrected chi connectivity index (χ3v) is 5.33. The Labute approximate surface area is 168 Å². The maximum absolute atomic E-state index is 12.5. The monoisotopic (exact) mass is 431 g/mol. The number of carbonyl (C=O) groups excluding carboxylic acids is 3. The minimum atomic E-state index is -3.90. The lowest BCUT2D eigenvalue weighted by molar-refractivity contribution is -0.146. The van der Waals surface area contributed by atoms with Crippen LogP contribution in [0.4, 0.5) is 0 Å². The smallest absolute Gasteiger partial charge is 0.469 e. The minimum absolute atomic E-state index is 0.00719. The highest BCUT2D eigenvalue weighted by molar-refractivity contribution is 7.55. The van der Waals surface area contributed by atoms with Crippen LogP contribution >= 0.6 is 8.17 Å². The number of carbonyl (C=O) groups is 3. The number of hydrogen-bond acceptors (Lipinski definition) is 10. The quantitative estimate of drug-likeness (QED) is 0.348. The maximum Gasteiger partial charge on any atom is 0.576 e. The van der Waals surface area contributed by atoms with Crippen molar-refractivity contribution >= 4 is 26.0 Å². The Balaban J connectivity index is 1.89. The van der Waals surface area contributed by atoms with Gasteiger partial charge in [-0.05, 0) is 12.1 Å². The molecule has 1 aromatic rings. The molecule has 0 aliphatic carbocycles. The van der Waals surface area contributed by atoms with Gasteiger partial charge >= 0.3 is 20.1 Å². The van der Waals surface area contributed by atoms with Crippen LogP contribution in [0.5, 0.6) is 0 Å². The number of ether oxygens (including phenoxy) is 2. The molecule has 0 saturated carbocycles. The molecule has 12 heteroatoms. The third-order valence-electron chi connectivity index (χ3n) is 3.96. The summed E-state index contributed by atoms with van der Waals surface area (Å²) >= 11 is 0. The Morgan fingerprint density at radius 2 is 2.03 bits per heavy atom. The summed E-state index contributed by atoms with van der Waals surface area (Å²) in [6.07, 6.45) is 1.74. The van der Waals surface area contributed by atoms with Crippen molar-refractivity contribution in [1.82, 2.24) is 10.3 Å². The first-order valence-corrected chi connectivity index (χ1v) is 10.2. The lowest BCUT2D eigenvalue weighted by Gasteiger charge is -2.36. The van der Waals surface area contributed by atoms with Crippen molar-refractivity contribution in [1.29, 1.82) is 0 Å². The van der Waals surface area contributed by atoms with E-state index in [1.54, 1.807) is 13.8 Å². The summed E-state index contributed by atoms with van der Waals surface area (Å²) in [5, 5.41) is 2.55. The number of aromatic nitrogens is 1. The second-order valence-corrected chi connectivity index (χ2v) is 8.41. The first kappa shape index (κ1) is 23.1. The summed E-state index contributed by atoms with van der Waals surface area (Å²) in [6.45, 7) is 2.80. The minimum Gasteiger partial charge on any atom is -0.469 e. The van der Waals surface area contributed by atoms with Gasteiger partial charge < -0.3 is 14.8 Å². The molecular weight excluding hydrogens is 407 g/mol. The number of esters is 2. The van der Waals surface area contributed by atoms with E-state index in [4.69, 9.17) is 18.3 Å². The zero-order valence-corrected chi connectivity index (χ0v) is 17.2. The zero-order chi connectivity index (χ0) is 21.5. The molecular formula is C17H24N2O9P+. The molecule has 0 radical (unpaired) electrons. The number of hydrogen-bond donors (Lipinski definition) is 2. The summed E-state index contributed by atoms with van der Waals surface area (Å²) in [6, 6.07) is 2.91. The topological polar surface area (TPSA) is 143 Å².